The van der Waals surface area contributed by atoms with Gasteiger partial charge < -0.3 is 16.4 Å². The van der Waals surface area contributed by atoms with Crippen LogP contribution < -0.4 is 16.4 Å². The van der Waals surface area contributed by atoms with Crippen LogP contribution in [0.3, 0.4) is 0 Å². The fourth-order valence-electron chi connectivity index (χ4n) is 1.91. The van der Waals surface area contributed by atoms with Crippen LogP contribution >= 0.6 is 12.4 Å². The van der Waals surface area contributed by atoms with Crippen molar-refractivity contribution in [3.05, 3.63) is 0 Å². The molecular weight excluding hydrogens is 218 g/mol. The Balaban J connectivity index is 0.00000112. The Bertz CT molecular complexity index is 275. The van der Waals surface area contributed by atoms with Gasteiger partial charge in [0.15, 0.2) is 0 Å². The minimum atomic E-state index is -0.582. The summed E-state index contributed by atoms with van der Waals surface area (Å²) in [6.45, 7) is 1.59. The van der Waals surface area contributed by atoms with Crippen molar-refractivity contribution in [3.63, 3.8) is 0 Å². The number of nitrogens with one attached hydrogen (secondary N) is 2. The van der Waals surface area contributed by atoms with Crippen LogP contribution in [-0.2, 0) is 9.59 Å². The highest BCUT2D eigenvalue weighted by molar-refractivity contribution is 5.89. The first-order valence-corrected chi connectivity index (χ1v) is 4.93. The Kier molecular flexibility index (Phi) is 3.57. The van der Waals surface area contributed by atoms with Crippen molar-refractivity contribution in [2.45, 2.75) is 37.9 Å². The zero-order chi connectivity index (χ0) is 10.3. The molecule has 0 bridgehead atoms. The maximum atomic E-state index is 11.5. The molecule has 6 heteroatoms. The van der Waals surface area contributed by atoms with Crippen LogP contribution in [-0.4, -0.2) is 29.9 Å². The van der Waals surface area contributed by atoms with Gasteiger partial charge in [0.2, 0.25) is 11.8 Å². The van der Waals surface area contributed by atoms with E-state index in [4.69, 9.17) is 5.73 Å². The predicted molar refractivity (Wildman–Crippen MR) is 57.5 cm³/mol. The zero-order valence-electron chi connectivity index (χ0n) is 8.53. The van der Waals surface area contributed by atoms with Crippen molar-refractivity contribution >= 4 is 24.2 Å². The molecule has 1 saturated carbocycles. The highest BCUT2D eigenvalue weighted by atomic mass is 35.5. The first-order chi connectivity index (χ1) is 6.58. The lowest BCUT2D eigenvalue weighted by molar-refractivity contribution is -0.128. The highest BCUT2D eigenvalue weighted by Gasteiger charge is 2.47. The quantitative estimate of drug-likeness (QED) is 0.594. The summed E-state index contributed by atoms with van der Waals surface area (Å²) < 4.78 is 0. The van der Waals surface area contributed by atoms with E-state index in [0.29, 0.717) is 12.0 Å². The average molecular weight is 234 g/mol. The van der Waals surface area contributed by atoms with Crippen molar-refractivity contribution in [1.82, 2.24) is 10.6 Å². The van der Waals surface area contributed by atoms with Gasteiger partial charge in [0.1, 0.15) is 6.04 Å². The lowest BCUT2D eigenvalue weighted by Crippen LogP contribution is -2.49. The van der Waals surface area contributed by atoms with Crippen LogP contribution in [0.15, 0.2) is 0 Å². The molecule has 0 aromatic heterocycles. The van der Waals surface area contributed by atoms with Gasteiger partial charge in [0.25, 0.3) is 0 Å². The third-order valence-electron chi connectivity index (χ3n) is 2.98. The molecule has 0 spiro atoms. The summed E-state index contributed by atoms with van der Waals surface area (Å²) in [5.41, 5.74) is 5.04. The van der Waals surface area contributed by atoms with Gasteiger partial charge in [-0.2, -0.15) is 0 Å². The van der Waals surface area contributed by atoms with Crippen LogP contribution in [0.4, 0.5) is 0 Å². The number of carbonyl (C=O) groups excluding carboxylic acids is 2. The van der Waals surface area contributed by atoms with E-state index >= 15 is 0 Å². The summed E-state index contributed by atoms with van der Waals surface area (Å²) in [4.78, 5) is 22.3. The van der Waals surface area contributed by atoms with E-state index < -0.39 is 11.9 Å². The fourth-order valence-corrected chi connectivity index (χ4v) is 1.91. The zero-order valence-corrected chi connectivity index (χ0v) is 9.34. The van der Waals surface area contributed by atoms with Gasteiger partial charge in [-0.15, -0.1) is 12.4 Å². The van der Waals surface area contributed by atoms with Crippen LogP contribution in [0.1, 0.15) is 19.8 Å². The second-order valence-electron chi connectivity index (χ2n) is 4.19. The number of primary amides is 1. The number of rotatable bonds is 3. The Hall–Kier alpha value is -0.810. The van der Waals surface area contributed by atoms with Crippen molar-refractivity contribution in [1.29, 1.82) is 0 Å². The van der Waals surface area contributed by atoms with Crippen molar-refractivity contribution in [2.75, 3.05) is 0 Å². The SMILES string of the molecule is C[C@H](NC(=O)[C@@H]1C[C@H]2C[C@H]2N1)C(N)=O.Cl. The third-order valence-corrected chi connectivity index (χ3v) is 2.98. The number of hydrogen-bond donors (Lipinski definition) is 3. The number of fused-ring (bicyclic) bond motifs is 1. The lowest BCUT2D eigenvalue weighted by atomic mass is 10.1. The molecule has 2 amide bonds. The van der Waals surface area contributed by atoms with E-state index in [1.54, 1.807) is 6.92 Å². The standard InChI is InChI=1S/C9H15N3O2.ClH/c1-4(8(10)13)11-9(14)7-3-5-2-6(5)12-7;/h4-7,12H,2-3H2,1H3,(H2,10,13)(H,11,14);1H/t4-,5+,6+,7-;/m0./s1. The minimum Gasteiger partial charge on any atom is -0.368 e. The molecule has 1 saturated heterocycles. The molecule has 1 heterocycles. The van der Waals surface area contributed by atoms with E-state index in [2.05, 4.69) is 10.6 Å². The molecule has 4 atom stereocenters. The van der Waals surface area contributed by atoms with Gasteiger partial charge in [0.05, 0.1) is 6.04 Å². The summed E-state index contributed by atoms with van der Waals surface area (Å²) in [5, 5.41) is 5.79. The van der Waals surface area contributed by atoms with Crippen molar-refractivity contribution < 1.29 is 9.59 Å². The van der Waals surface area contributed by atoms with Crippen LogP contribution in [0.5, 0.6) is 0 Å². The lowest BCUT2D eigenvalue weighted by Gasteiger charge is -2.16. The van der Waals surface area contributed by atoms with E-state index in [1.165, 1.54) is 6.42 Å². The number of halogens is 1. The summed E-state index contributed by atoms with van der Waals surface area (Å²) in [6, 6.07) is -0.170. The highest BCUT2D eigenvalue weighted by Crippen LogP contribution is 2.40. The summed E-state index contributed by atoms with van der Waals surface area (Å²) in [5.74, 6) is 0.0691. The Morgan fingerprint density at radius 3 is 2.60 bits per heavy atom. The maximum Gasteiger partial charge on any atom is 0.239 e. The van der Waals surface area contributed by atoms with E-state index in [0.717, 1.165) is 6.42 Å². The molecule has 2 aliphatic rings. The molecule has 4 N–H and O–H groups in total. The normalized spacial score (nSPS) is 33.5. The van der Waals surface area contributed by atoms with Gasteiger partial charge in [-0.05, 0) is 25.7 Å². The fraction of sp³-hybridized carbons (Fsp3) is 0.778. The monoisotopic (exact) mass is 233 g/mol. The van der Waals surface area contributed by atoms with Gasteiger partial charge in [-0.25, -0.2) is 0 Å². The molecule has 2 rings (SSSR count). The molecule has 1 aliphatic carbocycles. The number of carbonyl (C=O) groups is 2. The largest absolute Gasteiger partial charge is 0.368 e. The average Bonchev–Trinajstić information content (AvgIpc) is 2.73. The topological polar surface area (TPSA) is 84.2 Å². The molecule has 0 aromatic rings. The molecule has 1 aliphatic heterocycles. The summed E-state index contributed by atoms with van der Waals surface area (Å²) in [6.07, 6.45) is 2.08. The van der Waals surface area contributed by atoms with Crippen LogP contribution in [0.2, 0.25) is 0 Å². The van der Waals surface area contributed by atoms with Crippen molar-refractivity contribution in [3.8, 4) is 0 Å². The summed E-state index contributed by atoms with van der Waals surface area (Å²) >= 11 is 0. The number of amides is 2. The van der Waals surface area contributed by atoms with Crippen molar-refractivity contribution in [2.24, 2.45) is 11.7 Å². The van der Waals surface area contributed by atoms with E-state index in [1.807, 2.05) is 0 Å². The van der Waals surface area contributed by atoms with Gasteiger partial charge in [0, 0.05) is 6.04 Å². The molecule has 0 aromatic carbocycles. The summed E-state index contributed by atoms with van der Waals surface area (Å²) in [7, 11) is 0. The smallest absolute Gasteiger partial charge is 0.239 e. The van der Waals surface area contributed by atoms with E-state index in [9.17, 15) is 9.59 Å². The molecule has 86 valence electrons. The second kappa shape index (κ2) is 4.37. The first-order valence-electron chi connectivity index (χ1n) is 4.93. The van der Waals surface area contributed by atoms with Gasteiger partial charge >= 0.3 is 0 Å². The predicted octanol–water partition coefficient (Wildman–Crippen LogP) is -0.851. The molecule has 2 fully saturated rings. The minimum absolute atomic E-state index is 0. The molecule has 5 nitrogen and oxygen atoms in total. The van der Waals surface area contributed by atoms with Crippen LogP contribution in [0, 0.1) is 5.92 Å². The number of nitrogens with two attached hydrogens (primary N) is 1. The van der Waals surface area contributed by atoms with Gasteiger partial charge in [-0.3, -0.25) is 9.59 Å². The van der Waals surface area contributed by atoms with Crippen LogP contribution in [0.25, 0.3) is 0 Å². The molecular formula is C9H16ClN3O2. The second-order valence-corrected chi connectivity index (χ2v) is 4.19. The Labute approximate surface area is 94.6 Å². The first kappa shape index (κ1) is 12.3. The van der Waals surface area contributed by atoms with Gasteiger partial charge in [-0.1, -0.05) is 0 Å². The number of hydrogen-bond acceptors (Lipinski definition) is 3. The van der Waals surface area contributed by atoms with E-state index in [-0.39, 0.29) is 24.4 Å². The number of piperidine rings is 1. The third kappa shape index (κ3) is 2.60. The molecule has 0 radical (unpaired) electrons. The molecule has 0 unspecified atom stereocenters. The Morgan fingerprint density at radius 2 is 2.13 bits per heavy atom. The molecule has 15 heavy (non-hydrogen) atoms. The Morgan fingerprint density at radius 1 is 1.47 bits per heavy atom. The maximum absolute atomic E-state index is 11.5.